The zero-order chi connectivity index (χ0) is 21.3. The van der Waals surface area contributed by atoms with Crippen molar-refractivity contribution in [3.8, 4) is 22.5 Å². The van der Waals surface area contributed by atoms with Crippen LogP contribution in [-0.4, -0.2) is 24.2 Å². The molecular formula is C22H16ClN3O3S. The number of nitrogens with zero attached hydrogens (tertiary/aromatic N) is 1. The Balaban J connectivity index is 1.84. The molecule has 3 aromatic carbocycles. The van der Waals surface area contributed by atoms with Crippen LogP contribution in [0, 0.1) is 0 Å². The van der Waals surface area contributed by atoms with Crippen LogP contribution in [0.25, 0.3) is 22.5 Å². The van der Waals surface area contributed by atoms with Crippen LogP contribution in [0.15, 0.2) is 83.8 Å². The van der Waals surface area contributed by atoms with Crippen molar-refractivity contribution in [3.63, 3.8) is 0 Å². The number of rotatable bonds is 5. The second-order valence-electron chi connectivity index (χ2n) is 6.58. The van der Waals surface area contributed by atoms with Gasteiger partial charge in [0.15, 0.2) is 5.82 Å². The van der Waals surface area contributed by atoms with Gasteiger partial charge in [-0.15, -0.1) is 0 Å². The van der Waals surface area contributed by atoms with Crippen molar-refractivity contribution in [2.45, 2.75) is 4.90 Å². The number of carbonyl (C=O) groups is 1. The third kappa shape index (κ3) is 4.04. The number of hydrogen-bond acceptors (Lipinski definition) is 4. The lowest BCUT2D eigenvalue weighted by atomic mass is 10.1. The minimum atomic E-state index is -3.81. The van der Waals surface area contributed by atoms with Gasteiger partial charge in [0.25, 0.3) is 0 Å². The summed E-state index contributed by atoms with van der Waals surface area (Å²) in [4.78, 5) is 20.5. The number of sulfonamides is 1. The Morgan fingerprint density at radius 2 is 1.47 bits per heavy atom. The summed E-state index contributed by atoms with van der Waals surface area (Å²) < 4.78 is 23.1. The molecular weight excluding hydrogens is 422 g/mol. The first-order chi connectivity index (χ1) is 14.3. The lowest BCUT2D eigenvalue weighted by Gasteiger charge is -2.05. The van der Waals surface area contributed by atoms with Crippen molar-refractivity contribution < 1.29 is 13.2 Å². The fourth-order valence-electron chi connectivity index (χ4n) is 3.04. The Morgan fingerprint density at radius 3 is 2.07 bits per heavy atom. The van der Waals surface area contributed by atoms with E-state index in [1.165, 1.54) is 12.1 Å². The fraction of sp³-hybridized carbons (Fsp3) is 0. The van der Waals surface area contributed by atoms with Crippen LogP contribution in [0.3, 0.4) is 0 Å². The maximum atomic E-state index is 12.9. The van der Waals surface area contributed by atoms with Gasteiger partial charge >= 0.3 is 0 Å². The monoisotopic (exact) mass is 437 g/mol. The van der Waals surface area contributed by atoms with Gasteiger partial charge in [-0.25, -0.2) is 18.5 Å². The van der Waals surface area contributed by atoms with E-state index in [1.54, 1.807) is 48.5 Å². The van der Waals surface area contributed by atoms with Crippen molar-refractivity contribution in [1.29, 1.82) is 0 Å². The van der Waals surface area contributed by atoms with E-state index in [-0.39, 0.29) is 16.5 Å². The summed E-state index contributed by atoms with van der Waals surface area (Å²) in [5.74, 6) is -0.0742. The summed E-state index contributed by atoms with van der Waals surface area (Å²) in [6.45, 7) is 0. The van der Waals surface area contributed by atoms with Crippen LogP contribution in [0.5, 0.6) is 0 Å². The van der Waals surface area contributed by atoms with E-state index in [0.29, 0.717) is 27.5 Å². The number of carbonyl (C=O) groups excluding carboxylic acids is 1. The first kappa shape index (κ1) is 20.0. The largest absolute Gasteiger partial charge is 0.335 e. The zero-order valence-electron chi connectivity index (χ0n) is 15.5. The molecule has 0 atom stereocenters. The molecule has 6 nitrogen and oxygen atoms in total. The molecule has 0 spiro atoms. The summed E-state index contributed by atoms with van der Waals surface area (Å²) in [6.07, 6.45) is 0. The zero-order valence-corrected chi connectivity index (χ0v) is 17.1. The van der Waals surface area contributed by atoms with E-state index in [2.05, 4.69) is 9.97 Å². The van der Waals surface area contributed by atoms with E-state index in [1.807, 2.05) is 18.2 Å². The molecule has 0 amide bonds. The fourth-order valence-corrected chi connectivity index (χ4v) is 3.69. The highest BCUT2D eigenvalue weighted by atomic mass is 35.5. The van der Waals surface area contributed by atoms with Crippen LogP contribution in [0.1, 0.15) is 16.2 Å². The standard InChI is InChI=1S/C22H16ClN3O3S/c23-17-10-6-14(7-11-17)19-20(15-8-12-18(13-9-15)30(24,28)29)26-22(25-19)21(27)16-4-2-1-3-5-16/h1-13H,(H,25,26)(H2,24,28,29). The number of H-pyrrole nitrogens is 1. The summed E-state index contributed by atoms with van der Waals surface area (Å²) in [6, 6.07) is 22.0. The van der Waals surface area contributed by atoms with E-state index < -0.39 is 10.0 Å². The summed E-state index contributed by atoms with van der Waals surface area (Å²) >= 11 is 6.00. The van der Waals surface area contributed by atoms with Gasteiger partial charge in [0.1, 0.15) is 0 Å². The number of ketones is 1. The molecule has 4 aromatic rings. The highest BCUT2D eigenvalue weighted by molar-refractivity contribution is 7.89. The van der Waals surface area contributed by atoms with Crippen molar-refractivity contribution in [2.75, 3.05) is 0 Å². The van der Waals surface area contributed by atoms with Crippen molar-refractivity contribution in [2.24, 2.45) is 5.14 Å². The van der Waals surface area contributed by atoms with Crippen molar-refractivity contribution >= 4 is 27.4 Å². The highest BCUT2D eigenvalue weighted by Crippen LogP contribution is 2.32. The molecule has 0 radical (unpaired) electrons. The molecule has 0 unspecified atom stereocenters. The molecule has 3 N–H and O–H groups in total. The Kier molecular flexibility index (Phi) is 5.26. The third-order valence-corrected chi connectivity index (χ3v) is 5.73. The number of hydrogen-bond donors (Lipinski definition) is 2. The molecule has 0 saturated carbocycles. The highest BCUT2D eigenvalue weighted by Gasteiger charge is 2.20. The molecule has 0 saturated heterocycles. The molecule has 1 aromatic heterocycles. The van der Waals surface area contributed by atoms with Gasteiger partial charge in [0.05, 0.1) is 16.3 Å². The average Bonchev–Trinajstić information content (AvgIpc) is 3.19. The van der Waals surface area contributed by atoms with Crippen LogP contribution in [-0.2, 0) is 10.0 Å². The normalized spacial score (nSPS) is 11.4. The Labute approximate surface area is 178 Å². The van der Waals surface area contributed by atoms with Crippen LogP contribution < -0.4 is 5.14 Å². The van der Waals surface area contributed by atoms with E-state index in [4.69, 9.17) is 16.7 Å². The molecule has 30 heavy (non-hydrogen) atoms. The summed E-state index contributed by atoms with van der Waals surface area (Å²) in [5.41, 5.74) is 3.05. The number of nitrogens with two attached hydrogens (primary N) is 1. The van der Waals surface area contributed by atoms with Gasteiger partial charge < -0.3 is 4.98 Å². The molecule has 0 aliphatic heterocycles. The second-order valence-corrected chi connectivity index (χ2v) is 8.58. The van der Waals surface area contributed by atoms with Gasteiger partial charge in [-0.3, -0.25) is 4.79 Å². The van der Waals surface area contributed by atoms with Crippen LogP contribution in [0.4, 0.5) is 0 Å². The predicted octanol–water partition coefficient (Wildman–Crippen LogP) is 4.28. The predicted molar refractivity (Wildman–Crippen MR) is 116 cm³/mol. The first-order valence-electron chi connectivity index (χ1n) is 8.92. The molecule has 8 heteroatoms. The molecule has 4 rings (SSSR count). The summed E-state index contributed by atoms with van der Waals surface area (Å²) in [5, 5.41) is 5.76. The lowest BCUT2D eigenvalue weighted by molar-refractivity contribution is 0.103. The minimum Gasteiger partial charge on any atom is -0.335 e. The van der Waals surface area contributed by atoms with Gasteiger partial charge in [0.2, 0.25) is 15.8 Å². The van der Waals surface area contributed by atoms with Crippen molar-refractivity contribution in [3.05, 3.63) is 95.3 Å². The topological polar surface area (TPSA) is 106 Å². The number of aromatic nitrogens is 2. The number of imidazole rings is 1. The molecule has 0 aliphatic rings. The molecule has 0 fully saturated rings. The van der Waals surface area contributed by atoms with E-state index in [0.717, 1.165) is 5.56 Å². The minimum absolute atomic E-state index is 0.00425. The van der Waals surface area contributed by atoms with E-state index in [9.17, 15) is 13.2 Å². The Bertz CT molecular complexity index is 1310. The van der Waals surface area contributed by atoms with E-state index >= 15 is 0 Å². The second kappa shape index (κ2) is 7.87. The van der Waals surface area contributed by atoms with Gasteiger partial charge in [-0.2, -0.15) is 0 Å². The van der Waals surface area contributed by atoms with Gasteiger partial charge in [-0.05, 0) is 24.3 Å². The number of nitrogens with one attached hydrogen (secondary N) is 1. The maximum Gasteiger partial charge on any atom is 0.238 e. The van der Waals surface area contributed by atoms with Crippen molar-refractivity contribution in [1.82, 2.24) is 9.97 Å². The lowest BCUT2D eigenvalue weighted by Crippen LogP contribution is -2.11. The molecule has 150 valence electrons. The Morgan fingerprint density at radius 1 is 0.867 bits per heavy atom. The van der Waals surface area contributed by atoms with Gasteiger partial charge in [-0.1, -0.05) is 66.2 Å². The quantitative estimate of drug-likeness (QED) is 0.454. The van der Waals surface area contributed by atoms with Crippen LogP contribution >= 0.6 is 11.6 Å². The third-order valence-electron chi connectivity index (χ3n) is 4.54. The number of aromatic amines is 1. The number of primary sulfonamides is 1. The average molecular weight is 438 g/mol. The molecule has 1 heterocycles. The molecule has 0 bridgehead atoms. The molecule has 0 aliphatic carbocycles. The van der Waals surface area contributed by atoms with Gasteiger partial charge in [0, 0.05) is 21.7 Å². The SMILES string of the molecule is NS(=O)(=O)c1ccc(-c2nc(C(=O)c3ccccc3)[nH]c2-c2ccc(Cl)cc2)cc1. The number of benzene rings is 3. The summed E-state index contributed by atoms with van der Waals surface area (Å²) in [7, 11) is -3.81. The number of halogens is 1. The first-order valence-corrected chi connectivity index (χ1v) is 10.8. The van der Waals surface area contributed by atoms with Crippen LogP contribution in [0.2, 0.25) is 5.02 Å². The maximum absolute atomic E-state index is 12.9. The smallest absolute Gasteiger partial charge is 0.238 e. The Hall–Kier alpha value is -3.26.